The Labute approximate surface area is 49.7 Å². The fourth-order valence-corrected chi connectivity index (χ4v) is 0.285. The molecule has 0 fully saturated rings. The minimum Gasteiger partial charge on any atom is -0.310 e. The molecule has 0 rings (SSSR count). The zero-order valence-electron chi connectivity index (χ0n) is 4.09. The van der Waals surface area contributed by atoms with Crippen LogP contribution in [0.5, 0.6) is 0 Å². The van der Waals surface area contributed by atoms with Gasteiger partial charge in [0.15, 0.2) is 0 Å². The molecule has 0 atom stereocenters. The molecule has 0 aliphatic heterocycles. The van der Waals surface area contributed by atoms with Crippen LogP contribution in [0.1, 0.15) is 0 Å². The summed E-state index contributed by atoms with van der Waals surface area (Å²) in [6.45, 7) is 0. The molecular weight excluding hydrogens is 149 g/mol. The molecule has 0 unspecified atom stereocenters. The molecule has 8 nitrogen and oxygen atoms in total. The van der Waals surface area contributed by atoms with Gasteiger partial charge in [0.1, 0.15) is 0 Å². The van der Waals surface area contributed by atoms with Crippen LogP contribution in [0.2, 0.25) is 0 Å². The van der Waals surface area contributed by atoms with Crippen LogP contribution in [0.4, 0.5) is 0 Å². The van der Waals surface area contributed by atoms with E-state index in [2.05, 4.69) is 10.1 Å². The van der Waals surface area contributed by atoms with Crippen molar-refractivity contribution in [3.05, 3.63) is 10.4 Å². The maximum atomic E-state index is 9.84. The summed E-state index contributed by atoms with van der Waals surface area (Å²) in [5.41, 5.74) is 9.14. The summed E-state index contributed by atoms with van der Waals surface area (Å²) >= 11 is 0. The summed E-state index contributed by atoms with van der Waals surface area (Å²) in [6, 6.07) is 0. The van der Waals surface area contributed by atoms with Crippen LogP contribution in [0.25, 0.3) is 10.4 Å². The first kappa shape index (κ1) is 8.22. The Hall–Kier alpha value is -0.780. The normalized spacial score (nSPS) is 10.0. The van der Waals surface area contributed by atoms with E-state index in [9.17, 15) is 4.57 Å². The highest BCUT2D eigenvalue weighted by Crippen LogP contribution is 2.25. The summed E-state index contributed by atoms with van der Waals surface area (Å²) in [4.78, 5) is 18.1. The van der Waals surface area contributed by atoms with Crippen molar-refractivity contribution >= 4 is 7.75 Å². The smallest absolute Gasteiger partial charge is 0.310 e. The molecule has 0 amide bonds. The maximum Gasteiger partial charge on any atom is 0.435 e. The number of nitrogens with one attached hydrogen (secondary N) is 2. The lowest BCUT2D eigenvalue weighted by atomic mass is 12.5. The first-order valence-corrected chi connectivity index (χ1v) is 3.29. The van der Waals surface area contributed by atoms with E-state index >= 15 is 0 Å². The van der Waals surface area contributed by atoms with Crippen molar-refractivity contribution in [1.82, 2.24) is 10.7 Å². The minimum absolute atomic E-state index is 1.42. The fourth-order valence-electron chi connectivity index (χ4n) is 0.110. The maximum absolute atomic E-state index is 9.84. The van der Waals surface area contributed by atoms with E-state index in [0.717, 1.165) is 0 Å². The molecule has 52 valence electrons. The van der Waals surface area contributed by atoms with E-state index < -0.39 is 7.75 Å². The van der Waals surface area contributed by atoms with Crippen molar-refractivity contribution in [3.8, 4) is 0 Å². The van der Waals surface area contributed by atoms with Crippen LogP contribution in [0.3, 0.4) is 0 Å². The van der Waals surface area contributed by atoms with E-state index in [-0.39, 0.29) is 0 Å². The second kappa shape index (κ2) is 3.29. The van der Waals surface area contributed by atoms with Crippen LogP contribution >= 0.6 is 7.75 Å². The predicted octanol–water partition coefficient (Wildman–Crippen LogP) is -0.601. The van der Waals surface area contributed by atoms with E-state index in [1.54, 1.807) is 5.53 Å². The summed E-state index contributed by atoms with van der Waals surface area (Å²) in [6.07, 6.45) is 0. The van der Waals surface area contributed by atoms with Crippen molar-refractivity contribution in [2.45, 2.75) is 0 Å². The van der Waals surface area contributed by atoms with Gasteiger partial charge in [-0.25, -0.2) is 4.57 Å². The average molecular weight is 153 g/mol. The van der Waals surface area contributed by atoms with Gasteiger partial charge in [0.05, 0.1) is 0 Å². The molecule has 0 spiro atoms. The molecule has 0 aliphatic rings. The number of rotatable bonds is 3. The van der Waals surface area contributed by atoms with Gasteiger partial charge in [-0.3, -0.25) is 0 Å². The van der Waals surface area contributed by atoms with E-state index in [1.807, 2.05) is 0 Å². The number of hydrazine groups is 1. The molecule has 0 saturated carbocycles. The van der Waals surface area contributed by atoms with Crippen molar-refractivity contribution in [2.24, 2.45) is 5.22 Å². The lowest BCUT2D eigenvalue weighted by molar-refractivity contribution is 0.347. The molecule has 0 bridgehead atoms. The summed E-state index contributed by atoms with van der Waals surface area (Å²) in [5, 5.41) is 4.00. The summed E-state index contributed by atoms with van der Waals surface area (Å²) < 4.78 is 9.84. The molecule has 0 saturated heterocycles. The number of hydrogen-bond acceptors (Lipinski definition) is 2. The van der Waals surface area contributed by atoms with Gasteiger partial charge in [-0.1, -0.05) is 5.20 Å². The van der Waals surface area contributed by atoms with Gasteiger partial charge < -0.3 is 9.79 Å². The minimum atomic E-state index is -4.32. The second-order valence-electron chi connectivity index (χ2n) is 0.957. The highest BCUT2D eigenvalue weighted by atomic mass is 31.2. The fraction of sp³-hybridized carbons (Fsp3) is 0. The predicted molar refractivity (Wildman–Crippen MR) is 27.5 cm³/mol. The standard InChI is InChI=1S/H4N5O3P/c1-2-3-4-5-9(6,7)8/h4H,(H3,5,6,7,8). The highest BCUT2D eigenvalue weighted by molar-refractivity contribution is 7.49. The Bertz CT molecular complexity index is 163. The van der Waals surface area contributed by atoms with Gasteiger partial charge >= 0.3 is 7.75 Å². The third-order valence-electron chi connectivity index (χ3n) is 0.290. The van der Waals surface area contributed by atoms with Crippen LogP contribution in [0.15, 0.2) is 5.22 Å². The molecule has 0 aliphatic carbocycles. The average Bonchev–Trinajstić information content (AvgIpc) is 1.63. The van der Waals surface area contributed by atoms with Crippen molar-refractivity contribution in [3.63, 3.8) is 0 Å². The van der Waals surface area contributed by atoms with E-state index in [0.29, 0.717) is 0 Å². The number of hydrogen-bond donors (Lipinski definition) is 4. The molecule has 9 heteroatoms. The lowest BCUT2D eigenvalue weighted by Gasteiger charge is -1.98. The first-order chi connectivity index (χ1) is 4.06. The van der Waals surface area contributed by atoms with Gasteiger partial charge in [-0.2, -0.15) is 10.4 Å². The molecular formula is H4N5O3P. The highest BCUT2D eigenvalue weighted by Gasteiger charge is 2.11. The quantitative estimate of drug-likeness (QED) is 0.141. The van der Waals surface area contributed by atoms with E-state index in [1.165, 1.54) is 5.20 Å². The SMILES string of the molecule is [N-]=[N+]=NNNP(=O)(O)O. The van der Waals surface area contributed by atoms with Crippen molar-refractivity contribution < 1.29 is 14.4 Å². The van der Waals surface area contributed by atoms with Crippen molar-refractivity contribution in [2.75, 3.05) is 0 Å². The molecule has 4 N–H and O–H groups in total. The Kier molecular flexibility index (Phi) is 3.00. The zero-order valence-corrected chi connectivity index (χ0v) is 4.99. The van der Waals surface area contributed by atoms with E-state index in [4.69, 9.17) is 15.3 Å². The van der Waals surface area contributed by atoms with Gasteiger partial charge in [0, 0.05) is 0 Å². The topological polar surface area (TPSA) is 130 Å². The van der Waals surface area contributed by atoms with Crippen LogP contribution < -0.4 is 10.7 Å². The Morgan fingerprint density at radius 2 is 2.22 bits per heavy atom. The third kappa shape index (κ3) is 7.22. The Balaban J connectivity index is 3.52. The molecule has 0 aromatic carbocycles. The van der Waals surface area contributed by atoms with Gasteiger partial charge in [-0.05, 0) is 5.22 Å². The number of nitrogens with zero attached hydrogens (tertiary/aromatic N) is 3. The molecule has 0 heterocycles. The Morgan fingerprint density at radius 3 is 2.56 bits per heavy atom. The Morgan fingerprint density at radius 1 is 1.67 bits per heavy atom. The molecule has 9 heavy (non-hydrogen) atoms. The molecule has 0 radical (unpaired) electrons. The first-order valence-electron chi connectivity index (χ1n) is 1.68. The summed E-state index contributed by atoms with van der Waals surface area (Å²) in [5.74, 6) is 0. The molecule has 0 aromatic rings. The van der Waals surface area contributed by atoms with Crippen LogP contribution in [0, 0.1) is 0 Å². The molecule has 0 aromatic heterocycles. The number of azide groups is 1. The van der Waals surface area contributed by atoms with Crippen LogP contribution in [-0.2, 0) is 4.57 Å². The summed E-state index contributed by atoms with van der Waals surface area (Å²) in [7, 11) is -4.32. The van der Waals surface area contributed by atoms with Gasteiger partial charge in [-0.15, -0.1) is 5.53 Å². The zero-order chi connectivity index (χ0) is 7.33. The third-order valence-corrected chi connectivity index (χ3v) is 0.682. The van der Waals surface area contributed by atoms with Crippen LogP contribution in [-0.4, -0.2) is 9.79 Å². The monoisotopic (exact) mass is 153 g/mol. The largest absolute Gasteiger partial charge is 0.435 e. The lowest BCUT2D eigenvalue weighted by Crippen LogP contribution is -2.22. The second-order valence-corrected chi connectivity index (χ2v) is 2.27. The van der Waals surface area contributed by atoms with Gasteiger partial charge in [0.2, 0.25) is 0 Å². The van der Waals surface area contributed by atoms with Crippen molar-refractivity contribution in [1.29, 1.82) is 0 Å². The van der Waals surface area contributed by atoms with Gasteiger partial charge in [0.25, 0.3) is 0 Å².